The van der Waals surface area contributed by atoms with Crippen molar-refractivity contribution in [3.05, 3.63) is 35.6 Å². The van der Waals surface area contributed by atoms with Gasteiger partial charge in [0, 0.05) is 6.54 Å². The number of aliphatic hydroxyl groups is 1. The molecule has 0 saturated heterocycles. The van der Waals surface area contributed by atoms with Crippen LogP contribution in [0, 0.1) is 11.7 Å². The predicted molar refractivity (Wildman–Crippen MR) is 79.2 cm³/mol. The molecule has 1 fully saturated rings. The monoisotopic (exact) mass is 294 g/mol. The van der Waals surface area contributed by atoms with Crippen LogP contribution in [-0.4, -0.2) is 42.7 Å². The number of carbonyl (C=O) groups excluding carboxylic acids is 1. The third kappa shape index (κ3) is 4.02. The number of carbonyl (C=O) groups is 1. The van der Waals surface area contributed by atoms with Crippen molar-refractivity contribution in [3.8, 4) is 0 Å². The lowest BCUT2D eigenvalue weighted by molar-refractivity contribution is -0.127. The number of hydrogen-bond acceptors (Lipinski definition) is 3. The molecule has 0 bridgehead atoms. The zero-order valence-corrected chi connectivity index (χ0v) is 12.6. The van der Waals surface area contributed by atoms with E-state index in [0.29, 0.717) is 13.0 Å². The molecular weight excluding hydrogens is 271 g/mol. The van der Waals surface area contributed by atoms with E-state index in [0.717, 1.165) is 18.4 Å². The third-order valence-corrected chi connectivity index (χ3v) is 4.16. The van der Waals surface area contributed by atoms with E-state index in [4.69, 9.17) is 0 Å². The van der Waals surface area contributed by atoms with Crippen LogP contribution < -0.4 is 5.32 Å². The van der Waals surface area contributed by atoms with Crippen LogP contribution in [-0.2, 0) is 4.79 Å². The Morgan fingerprint density at radius 3 is 2.57 bits per heavy atom. The lowest BCUT2D eigenvalue weighted by atomic mass is 10.0. The number of hydrogen-bond donors (Lipinski definition) is 2. The Hall–Kier alpha value is -1.46. The second kappa shape index (κ2) is 7.00. The molecule has 4 nitrogen and oxygen atoms in total. The number of benzene rings is 1. The lowest BCUT2D eigenvalue weighted by Gasteiger charge is -2.26. The van der Waals surface area contributed by atoms with Gasteiger partial charge in [-0.1, -0.05) is 12.1 Å². The molecular formula is C16H23FN2O2. The van der Waals surface area contributed by atoms with Gasteiger partial charge in [0.25, 0.3) is 0 Å². The molecule has 3 unspecified atom stereocenters. The number of nitrogens with one attached hydrogen (secondary N) is 1. The van der Waals surface area contributed by atoms with E-state index in [1.54, 1.807) is 12.1 Å². The van der Waals surface area contributed by atoms with E-state index in [9.17, 15) is 14.3 Å². The first-order valence-corrected chi connectivity index (χ1v) is 7.36. The van der Waals surface area contributed by atoms with Crippen molar-refractivity contribution in [2.24, 2.45) is 5.92 Å². The highest BCUT2D eigenvalue weighted by Crippen LogP contribution is 2.26. The molecule has 21 heavy (non-hydrogen) atoms. The van der Waals surface area contributed by atoms with Crippen molar-refractivity contribution < 1.29 is 14.3 Å². The Morgan fingerprint density at radius 1 is 1.38 bits per heavy atom. The van der Waals surface area contributed by atoms with Gasteiger partial charge in [-0.3, -0.25) is 4.79 Å². The maximum absolute atomic E-state index is 13.0. The normalized spacial score (nSPS) is 23.3. The Labute approximate surface area is 125 Å². The van der Waals surface area contributed by atoms with Gasteiger partial charge < -0.3 is 15.3 Å². The van der Waals surface area contributed by atoms with Gasteiger partial charge in [0.1, 0.15) is 5.82 Å². The number of halogens is 1. The fourth-order valence-corrected chi connectivity index (χ4v) is 2.86. The number of aliphatic hydroxyl groups excluding tert-OH is 1. The largest absolute Gasteiger partial charge is 0.392 e. The highest BCUT2D eigenvalue weighted by Gasteiger charge is 2.31. The molecule has 0 aromatic heterocycles. The Bertz CT molecular complexity index is 476. The van der Waals surface area contributed by atoms with Gasteiger partial charge in [-0.05, 0) is 51.1 Å². The zero-order chi connectivity index (χ0) is 15.4. The molecule has 0 heterocycles. The molecule has 1 aliphatic rings. The van der Waals surface area contributed by atoms with Crippen molar-refractivity contribution in [1.29, 1.82) is 0 Å². The highest BCUT2D eigenvalue weighted by molar-refractivity contribution is 5.79. The lowest BCUT2D eigenvalue weighted by Crippen LogP contribution is -2.39. The van der Waals surface area contributed by atoms with Crippen LogP contribution >= 0.6 is 0 Å². The van der Waals surface area contributed by atoms with Gasteiger partial charge in [0.05, 0.1) is 18.1 Å². The van der Waals surface area contributed by atoms with Gasteiger partial charge in [-0.25, -0.2) is 4.39 Å². The van der Waals surface area contributed by atoms with E-state index >= 15 is 0 Å². The van der Waals surface area contributed by atoms with Crippen LogP contribution in [0.1, 0.15) is 30.9 Å². The first-order valence-electron chi connectivity index (χ1n) is 7.36. The summed E-state index contributed by atoms with van der Waals surface area (Å²) in [6.45, 7) is 0.445. The van der Waals surface area contributed by atoms with Crippen LogP contribution in [0.4, 0.5) is 4.39 Å². The third-order valence-electron chi connectivity index (χ3n) is 4.16. The van der Waals surface area contributed by atoms with E-state index in [1.165, 1.54) is 12.1 Å². The molecule has 1 aromatic rings. The quantitative estimate of drug-likeness (QED) is 0.869. The average molecular weight is 294 g/mol. The van der Waals surface area contributed by atoms with Crippen molar-refractivity contribution in [3.63, 3.8) is 0 Å². The molecule has 1 aliphatic carbocycles. The van der Waals surface area contributed by atoms with Crippen molar-refractivity contribution in [2.75, 3.05) is 20.6 Å². The van der Waals surface area contributed by atoms with E-state index in [-0.39, 0.29) is 23.7 Å². The van der Waals surface area contributed by atoms with Crippen LogP contribution in [0.2, 0.25) is 0 Å². The van der Waals surface area contributed by atoms with Gasteiger partial charge in [0.15, 0.2) is 0 Å². The number of nitrogens with zero attached hydrogens (tertiary/aromatic N) is 1. The minimum absolute atomic E-state index is 0.0203. The number of likely N-dealkylation sites (N-methyl/N-ethyl adjacent to an activating group) is 1. The van der Waals surface area contributed by atoms with Crippen LogP contribution in [0.3, 0.4) is 0 Å². The zero-order valence-electron chi connectivity index (χ0n) is 12.6. The van der Waals surface area contributed by atoms with E-state index < -0.39 is 6.10 Å². The molecule has 0 spiro atoms. The molecule has 2 N–H and O–H groups in total. The SMILES string of the molecule is CN(C)C(CNC(=O)C1CCCC1O)c1ccc(F)cc1. The maximum atomic E-state index is 13.0. The molecule has 1 aromatic carbocycles. The van der Waals surface area contributed by atoms with Crippen LogP contribution in [0.25, 0.3) is 0 Å². The topological polar surface area (TPSA) is 52.6 Å². The van der Waals surface area contributed by atoms with Crippen LogP contribution in [0.15, 0.2) is 24.3 Å². The van der Waals surface area contributed by atoms with Crippen molar-refractivity contribution in [1.82, 2.24) is 10.2 Å². The van der Waals surface area contributed by atoms with Crippen molar-refractivity contribution in [2.45, 2.75) is 31.4 Å². The van der Waals surface area contributed by atoms with Crippen molar-refractivity contribution >= 4 is 5.91 Å². The Balaban J connectivity index is 1.97. The second-order valence-corrected chi connectivity index (χ2v) is 5.88. The average Bonchev–Trinajstić information content (AvgIpc) is 2.86. The minimum Gasteiger partial charge on any atom is -0.392 e. The molecule has 0 radical (unpaired) electrons. The summed E-state index contributed by atoms with van der Waals surface area (Å²) in [5, 5.41) is 12.7. The summed E-state index contributed by atoms with van der Waals surface area (Å²) in [5.74, 6) is -0.649. The van der Waals surface area contributed by atoms with E-state index in [1.807, 2.05) is 19.0 Å². The Morgan fingerprint density at radius 2 is 2.05 bits per heavy atom. The summed E-state index contributed by atoms with van der Waals surface area (Å²) in [6, 6.07) is 6.30. The van der Waals surface area contributed by atoms with Gasteiger partial charge >= 0.3 is 0 Å². The standard InChI is InChI=1S/C16H23FN2O2/c1-19(2)14(11-6-8-12(17)9-7-11)10-18-16(21)13-4-3-5-15(13)20/h6-9,13-15,20H,3-5,10H2,1-2H3,(H,18,21). The molecule has 2 rings (SSSR count). The molecule has 1 saturated carbocycles. The highest BCUT2D eigenvalue weighted by atomic mass is 19.1. The first-order chi connectivity index (χ1) is 9.99. The van der Waals surface area contributed by atoms with Gasteiger partial charge in [-0.2, -0.15) is 0 Å². The smallest absolute Gasteiger partial charge is 0.225 e. The maximum Gasteiger partial charge on any atom is 0.225 e. The first kappa shape index (κ1) is 15.9. The molecule has 1 amide bonds. The summed E-state index contributed by atoms with van der Waals surface area (Å²) in [4.78, 5) is 14.1. The number of rotatable bonds is 5. The summed E-state index contributed by atoms with van der Waals surface area (Å²) in [7, 11) is 3.84. The summed E-state index contributed by atoms with van der Waals surface area (Å²) < 4.78 is 13.0. The molecule has 116 valence electrons. The number of amides is 1. The Kier molecular flexibility index (Phi) is 5.31. The summed E-state index contributed by atoms with van der Waals surface area (Å²) in [5.41, 5.74) is 0.952. The van der Waals surface area contributed by atoms with Gasteiger partial charge in [0.2, 0.25) is 5.91 Å². The van der Waals surface area contributed by atoms with E-state index in [2.05, 4.69) is 5.32 Å². The molecule has 5 heteroatoms. The predicted octanol–water partition coefficient (Wildman–Crippen LogP) is 1.71. The van der Waals surface area contributed by atoms with Gasteiger partial charge in [-0.15, -0.1) is 0 Å². The fourth-order valence-electron chi connectivity index (χ4n) is 2.86. The summed E-state index contributed by atoms with van der Waals surface area (Å²) >= 11 is 0. The minimum atomic E-state index is -0.520. The summed E-state index contributed by atoms with van der Waals surface area (Å²) in [6.07, 6.45) is 1.83. The molecule has 3 atom stereocenters. The molecule has 0 aliphatic heterocycles. The fraction of sp³-hybridized carbons (Fsp3) is 0.562. The van der Waals surface area contributed by atoms with Crippen LogP contribution in [0.5, 0.6) is 0 Å². The second-order valence-electron chi connectivity index (χ2n) is 5.88.